The monoisotopic (exact) mass is 359 g/mol. The van der Waals surface area contributed by atoms with Crippen LogP contribution in [0, 0.1) is 0 Å². The molecule has 0 aliphatic heterocycles. The Morgan fingerprint density at radius 2 is 1.81 bits per heavy atom. The zero-order chi connectivity index (χ0) is 15.5. The fraction of sp³-hybridized carbons (Fsp3) is 0.286. The van der Waals surface area contributed by atoms with E-state index in [9.17, 15) is 13.2 Å². The molecule has 3 nitrogen and oxygen atoms in total. The predicted molar refractivity (Wildman–Crippen MR) is 77.9 cm³/mol. The summed E-state index contributed by atoms with van der Waals surface area (Å²) < 4.78 is 38.1. The highest BCUT2D eigenvalue weighted by Gasteiger charge is 2.29. The number of aromatic nitrogens is 2. The number of rotatable bonds is 4. The van der Waals surface area contributed by atoms with Crippen LogP contribution >= 0.6 is 15.9 Å². The molecule has 21 heavy (non-hydrogen) atoms. The summed E-state index contributed by atoms with van der Waals surface area (Å²) in [6.07, 6.45) is -3.60. The normalized spacial score (nSPS) is 11.5. The van der Waals surface area contributed by atoms with Gasteiger partial charge in [0, 0.05) is 19.0 Å². The standard InChI is InChI=1S/C14H13BrF3N3/c1-2-12-20-11(15)7-13(21-12)19-8-9-3-5-10(6-4-9)14(16,17)18/h3-7H,2,8H2,1H3,(H,19,20,21). The minimum atomic E-state index is -4.31. The van der Waals surface area contributed by atoms with E-state index in [0.29, 0.717) is 29.2 Å². The average molecular weight is 360 g/mol. The van der Waals surface area contributed by atoms with Gasteiger partial charge in [0.1, 0.15) is 16.2 Å². The summed E-state index contributed by atoms with van der Waals surface area (Å²) in [6.45, 7) is 2.34. The van der Waals surface area contributed by atoms with E-state index in [2.05, 4.69) is 31.2 Å². The molecule has 2 aromatic rings. The van der Waals surface area contributed by atoms with Gasteiger partial charge in [-0.15, -0.1) is 0 Å². The average Bonchev–Trinajstić information content (AvgIpc) is 2.44. The highest BCUT2D eigenvalue weighted by Crippen LogP contribution is 2.29. The first-order chi connectivity index (χ1) is 9.88. The Labute approximate surface area is 128 Å². The second-order valence-electron chi connectivity index (χ2n) is 4.39. The van der Waals surface area contributed by atoms with Crippen LogP contribution in [0.15, 0.2) is 34.9 Å². The van der Waals surface area contributed by atoms with Crippen molar-refractivity contribution in [1.82, 2.24) is 9.97 Å². The van der Waals surface area contributed by atoms with Crippen LogP contribution in [0.5, 0.6) is 0 Å². The smallest absolute Gasteiger partial charge is 0.366 e. The van der Waals surface area contributed by atoms with Gasteiger partial charge < -0.3 is 5.32 Å². The molecule has 0 amide bonds. The summed E-state index contributed by atoms with van der Waals surface area (Å²) in [5.74, 6) is 1.33. The number of alkyl halides is 3. The molecular weight excluding hydrogens is 347 g/mol. The van der Waals surface area contributed by atoms with Gasteiger partial charge >= 0.3 is 6.18 Å². The van der Waals surface area contributed by atoms with Crippen molar-refractivity contribution < 1.29 is 13.2 Å². The third-order valence-corrected chi connectivity index (χ3v) is 3.22. The first kappa shape index (κ1) is 15.8. The van der Waals surface area contributed by atoms with Crippen molar-refractivity contribution in [3.05, 3.63) is 51.9 Å². The van der Waals surface area contributed by atoms with Gasteiger partial charge in [-0.3, -0.25) is 0 Å². The second-order valence-corrected chi connectivity index (χ2v) is 5.21. The summed E-state index contributed by atoms with van der Waals surface area (Å²) in [6, 6.07) is 6.78. The van der Waals surface area contributed by atoms with Crippen molar-refractivity contribution in [2.24, 2.45) is 0 Å². The highest BCUT2D eigenvalue weighted by atomic mass is 79.9. The molecule has 7 heteroatoms. The Bertz CT molecular complexity index is 612. The molecule has 2 rings (SSSR count). The molecule has 0 radical (unpaired) electrons. The fourth-order valence-electron chi connectivity index (χ4n) is 1.72. The Balaban J connectivity index is 2.05. The van der Waals surface area contributed by atoms with Crippen molar-refractivity contribution in [2.45, 2.75) is 26.1 Å². The van der Waals surface area contributed by atoms with E-state index in [-0.39, 0.29) is 0 Å². The molecule has 1 N–H and O–H groups in total. The van der Waals surface area contributed by atoms with Crippen molar-refractivity contribution in [1.29, 1.82) is 0 Å². The van der Waals surface area contributed by atoms with Crippen LogP contribution in [0.3, 0.4) is 0 Å². The first-order valence-electron chi connectivity index (χ1n) is 6.32. The molecule has 112 valence electrons. The van der Waals surface area contributed by atoms with Crippen molar-refractivity contribution in [3.63, 3.8) is 0 Å². The summed E-state index contributed by atoms with van der Waals surface area (Å²) in [5.41, 5.74) is 0.0973. The van der Waals surface area contributed by atoms with Gasteiger partial charge in [-0.2, -0.15) is 13.2 Å². The van der Waals surface area contributed by atoms with E-state index in [1.807, 2.05) is 6.92 Å². The van der Waals surface area contributed by atoms with Crippen LogP contribution < -0.4 is 5.32 Å². The quantitative estimate of drug-likeness (QED) is 0.820. The number of nitrogens with one attached hydrogen (secondary N) is 1. The van der Waals surface area contributed by atoms with E-state index in [4.69, 9.17) is 0 Å². The Hall–Kier alpha value is -1.63. The third-order valence-electron chi connectivity index (χ3n) is 2.81. The Morgan fingerprint density at radius 3 is 2.38 bits per heavy atom. The van der Waals surface area contributed by atoms with Crippen LogP contribution in [0.2, 0.25) is 0 Å². The second kappa shape index (κ2) is 6.43. The molecule has 0 spiro atoms. The van der Waals surface area contributed by atoms with Crippen molar-refractivity contribution >= 4 is 21.7 Å². The summed E-state index contributed by atoms with van der Waals surface area (Å²) >= 11 is 3.30. The van der Waals surface area contributed by atoms with Gasteiger partial charge in [0.15, 0.2) is 0 Å². The highest BCUT2D eigenvalue weighted by molar-refractivity contribution is 9.10. The molecule has 0 aliphatic rings. The lowest BCUT2D eigenvalue weighted by molar-refractivity contribution is -0.137. The lowest BCUT2D eigenvalue weighted by Crippen LogP contribution is -2.07. The minimum absolute atomic E-state index is 0.394. The van der Waals surface area contributed by atoms with Crippen LogP contribution in [-0.4, -0.2) is 9.97 Å². The van der Waals surface area contributed by atoms with E-state index in [0.717, 1.165) is 17.7 Å². The zero-order valence-corrected chi connectivity index (χ0v) is 12.8. The molecule has 1 aromatic heterocycles. The largest absolute Gasteiger partial charge is 0.416 e. The molecule has 1 heterocycles. The lowest BCUT2D eigenvalue weighted by Gasteiger charge is -2.09. The van der Waals surface area contributed by atoms with Gasteiger partial charge in [-0.1, -0.05) is 19.1 Å². The molecule has 0 fully saturated rings. The number of halogens is 4. The van der Waals surface area contributed by atoms with Gasteiger partial charge in [-0.25, -0.2) is 9.97 Å². The molecule has 0 atom stereocenters. The molecule has 0 aliphatic carbocycles. The molecular formula is C14H13BrF3N3. The number of nitrogens with zero attached hydrogens (tertiary/aromatic N) is 2. The van der Waals surface area contributed by atoms with Gasteiger partial charge in [0.2, 0.25) is 0 Å². The van der Waals surface area contributed by atoms with Crippen molar-refractivity contribution in [2.75, 3.05) is 5.32 Å². The molecule has 0 saturated carbocycles. The van der Waals surface area contributed by atoms with Gasteiger partial charge in [0.25, 0.3) is 0 Å². The van der Waals surface area contributed by atoms with Crippen LogP contribution in [0.1, 0.15) is 23.9 Å². The number of hydrogen-bond donors (Lipinski definition) is 1. The molecule has 1 aromatic carbocycles. The minimum Gasteiger partial charge on any atom is -0.366 e. The fourth-order valence-corrected chi connectivity index (χ4v) is 2.14. The SMILES string of the molecule is CCc1nc(Br)cc(NCc2ccc(C(F)(F)F)cc2)n1. The molecule has 0 bridgehead atoms. The lowest BCUT2D eigenvalue weighted by atomic mass is 10.1. The third kappa shape index (κ3) is 4.42. The number of hydrogen-bond acceptors (Lipinski definition) is 3. The van der Waals surface area contributed by atoms with Crippen molar-refractivity contribution in [3.8, 4) is 0 Å². The van der Waals surface area contributed by atoms with E-state index >= 15 is 0 Å². The number of aryl methyl sites for hydroxylation is 1. The predicted octanol–water partition coefficient (Wildman–Crippen LogP) is 4.43. The van der Waals surface area contributed by atoms with Crippen LogP contribution in [0.4, 0.5) is 19.0 Å². The van der Waals surface area contributed by atoms with E-state index < -0.39 is 11.7 Å². The maximum absolute atomic E-state index is 12.5. The van der Waals surface area contributed by atoms with Gasteiger partial charge in [0.05, 0.1) is 5.56 Å². The van der Waals surface area contributed by atoms with Crippen LogP contribution in [-0.2, 0) is 19.1 Å². The maximum Gasteiger partial charge on any atom is 0.416 e. The van der Waals surface area contributed by atoms with Gasteiger partial charge in [-0.05, 0) is 33.6 Å². The molecule has 0 unspecified atom stereocenters. The summed E-state index contributed by atoms with van der Waals surface area (Å²) in [4.78, 5) is 8.48. The molecule has 0 saturated heterocycles. The van der Waals surface area contributed by atoms with Crippen LogP contribution in [0.25, 0.3) is 0 Å². The topological polar surface area (TPSA) is 37.8 Å². The number of anilines is 1. The first-order valence-corrected chi connectivity index (χ1v) is 7.11. The summed E-state index contributed by atoms with van der Waals surface area (Å²) in [7, 11) is 0. The Morgan fingerprint density at radius 1 is 1.14 bits per heavy atom. The van der Waals surface area contributed by atoms with E-state index in [1.54, 1.807) is 6.07 Å². The Kier molecular flexibility index (Phi) is 4.82. The summed E-state index contributed by atoms with van der Waals surface area (Å²) in [5, 5.41) is 3.07. The van der Waals surface area contributed by atoms with E-state index in [1.165, 1.54) is 12.1 Å². The number of benzene rings is 1. The maximum atomic E-state index is 12.5. The zero-order valence-electron chi connectivity index (χ0n) is 11.2.